The van der Waals surface area contributed by atoms with E-state index in [2.05, 4.69) is 10.1 Å². The second-order valence-electron chi connectivity index (χ2n) is 7.34. The number of carbonyl (C=O) groups excluding carboxylic acids is 3. The first-order valence-corrected chi connectivity index (χ1v) is 13.0. The molecule has 0 bridgehead atoms. The molecule has 0 aliphatic carbocycles. The number of rotatable bonds is 7. The zero-order valence-electron chi connectivity index (χ0n) is 18.3. The number of carbonyl (C=O) groups is 3. The molecule has 13 heteroatoms. The van der Waals surface area contributed by atoms with Crippen LogP contribution in [0.5, 0.6) is 0 Å². The summed E-state index contributed by atoms with van der Waals surface area (Å²) < 4.78 is 48.0. The van der Waals surface area contributed by atoms with Crippen molar-refractivity contribution in [2.75, 3.05) is 6.61 Å². The van der Waals surface area contributed by atoms with Crippen LogP contribution in [0.4, 0.5) is 0 Å². The van der Waals surface area contributed by atoms with E-state index in [0.717, 1.165) is 30.4 Å². The third-order valence-electron chi connectivity index (χ3n) is 4.66. The van der Waals surface area contributed by atoms with Crippen LogP contribution in [0.1, 0.15) is 32.6 Å². The van der Waals surface area contributed by atoms with Gasteiger partial charge in [0.15, 0.2) is 0 Å². The van der Waals surface area contributed by atoms with Crippen molar-refractivity contribution < 1.29 is 41.0 Å². The molecule has 178 valence electrons. The van der Waals surface area contributed by atoms with Gasteiger partial charge in [-0.15, -0.1) is 0 Å². The van der Waals surface area contributed by atoms with Gasteiger partial charge in [-0.3, -0.25) is 0 Å². The summed E-state index contributed by atoms with van der Waals surface area (Å²) in [6.07, 6.45) is -3.40. The van der Waals surface area contributed by atoms with E-state index in [1.165, 1.54) is 19.1 Å². The molecule has 1 aromatic heterocycles. The molecular weight excluding hydrogens is 505 g/mol. The summed E-state index contributed by atoms with van der Waals surface area (Å²) in [5, 5.41) is 4.05. The van der Waals surface area contributed by atoms with Gasteiger partial charge in [-0.1, -0.05) is 0 Å². The van der Waals surface area contributed by atoms with Gasteiger partial charge in [0, 0.05) is 0 Å². The fourth-order valence-electron chi connectivity index (χ4n) is 3.23. The summed E-state index contributed by atoms with van der Waals surface area (Å²) in [5.74, 6) is -1.97. The second kappa shape index (κ2) is 9.77. The van der Waals surface area contributed by atoms with Crippen LogP contribution in [0.3, 0.4) is 0 Å². The van der Waals surface area contributed by atoms with E-state index in [9.17, 15) is 22.1 Å². The van der Waals surface area contributed by atoms with Gasteiger partial charge in [0.2, 0.25) is 0 Å². The number of ether oxygens (including phenoxy) is 4. The Labute approximate surface area is 190 Å². The van der Waals surface area contributed by atoms with Crippen molar-refractivity contribution in [3.63, 3.8) is 0 Å². The third-order valence-corrected chi connectivity index (χ3v) is 7.93. The first-order valence-electron chi connectivity index (χ1n) is 9.85. The number of aryl methyl sites for hydroxylation is 1. The monoisotopic (exact) mass is 529 g/mol. The van der Waals surface area contributed by atoms with Gasteiger partial charge in [-0.2, -0.15) is 0 Å². The maximum atomic E-state index is 13.0. The Kier molecular flexibility index (Phi) is 7.25. The minimum absolute atomic E-state index is 0.0731. The van der Waals surface area contributed by atoms with E-state index in [0.29, 0.717) is 0 Å². The Balaban J connectivity index is 1.94. The summed E-state index contributed by atoms with van der Waals surface area (Å²) in [7, 11) is 0. The molecule has 0 radical (unpaired) electrons. The molecule has 0 spiro atoms. The van der Waals surface area contributed by atoms with Crippen molar-refractivity contribution in [2.45, 2.75) is 52.2 Å². The minimum atomic E-state index is -4.93. The number of hydrogen-bond acceptors (Lipinski definition) is 11. The predicted molar refractivity (Wildman–Crippen MR) is 109 cm³/mol. The number of aromatic nitrogens is 3. The van der Waals surface area contributed by atoms with Gasteiger partial charge in [-0.05, 0) is 0 Å². The average Bonchev–Trinajstić information content (AvgIpc) is 3.33. The van der Waals surface area contributed by atoms with Gasteiger partial charge >= 0.3 is 191 Å². The number of benzene rings is 1. The molecule has 0 saturated carbocycles. The average molecular weight is 528 g/mol. The Morgan fingerprint density at radius 2 is 1.61 bits per heavy atom. The zero-order valence-corrected chi connectivity index (χ0v) is 20.0. The van der Waals surface area contributed by atoms with Gasteiger partial charge < -0.3 is 0 Å². The van der Waals surface area contributed by atoms with Crippen molar-refractivity contribution in [2.24, 2.45) is 0 Å². The van der Waals surface area contributed by atoms with E-state index in [1.807, 2.05) is 6.92 Å². The Morgan fingerprint density at radius 1 is 1.00 bits per heavy atom. The SMILES string of the molecule is CC(=O)OC[C@H]1O[C@@H](n2cnc([Se](=O)(=O)c3ccc(C)cc3)n2)[C@H](OC(C)=O)[C@@H]1OC(C)=O. The number of nitrogens with zero attached hydrogens (tertiary/aromatic N) is 3. The van der Waals surface area contributed by atoms with E-state index >= 15 is 0 Å². The summed E-state index contributed by atoms with van der Waals surface area (Å²) >= 11 is -4.93. The molecule has 1 saturated heterocycles. The quantitative estimate of drug-likeness (QED) is 0.255. The van der Waals surface area contributed by atoms with Crippen LogP contribution in [0.2, 0.25) is 0 Å². The van der Waals surface area contributed by atoms with Crippen LogP contribution in [-0.4, -0.2) is 70.3 Å². The van der Waals surface area contributed by atoms with Crippen molar-refractivity contribution >= 4 is 39.8 Å². The van der Waals surface area contributed by atoms with Gasteiger partial charge in [0.25, 0.3) is 0 Å². The van der Waals surface area contributed by atoms with Crippen molar-refractivity contribution in [3.8, 4) is 0 Å². The normalized spacial score (nSPS) is 22.5. The van der Waals surface area contributed by atoms with E-state index < -0.39 is 59.9 Å². The molecule has 1 aromatic carbocycles. The zero-order chi connectivity index (χ0) is 24.3. The molecule has 1 fully saturated rings. The van der Waals surface area contributed by atoms with E-state index in [4.69, 9.17) is 18.9 Å². The fourth-order valence-corrected chi connectivity index (χ4v) is 5.53. The van der Waals surface area contributed by atoms with E-state index in [1.54, 1.807) is 12.1 Å². The van der Waals surface area contributed by atoms with Crippen LogP contribution < -0.4 is 9.18 Å². The van der Waals surface area contributed by atoms with E-state index in [-0.39, 0.29) is 11.1 Å². The standard InChI is InChI=1S/C20H23N3O9Se/c1-11-5-7-15(8-6-11)33(27,28)20-21-10-23(22-20)19-18(31-14(4)26)17(30-13(3)25)16(32-19)9-29-12(2)24/h5-8,10,16-19H,9H2,1-4H3/t16-,17-,18-,19-/m1/s1. The molecule has 0 amide bonds. The first kappa shape index (κ1) is 24.5. The fraction of sp³-hybridized carbons (Fsp3) is 0.450. The molecule has 4 atom stereocenters. The van der Waals surface area contributed by atoms with Crippen molar-refractivity contribution in [1.29, 1.82) is 0 Å². The van der Waals surface area contributed by atoms with Crippen LogP contribution >= 0.6 is 0 Å². The molecule has 2 heterocycles. The number of esters is 3. The number of hydrogen-bond donors (Lipinski definition) is 0. The molecule has 33 heavy (non-hydrogen) atoms. The summed E-state index contributed by atoms with van der Waals surface area (Å²) in [6.45, 7) is 5.04. The summed E-state index contributed by atoms with van der Waals surface area (Å²) in [5.41, 5.74) is 0.893. The summed E-state index contributed by atoms with van der Waals surface area (Å²) in [4.78, 5) is 38.5. The van der Waals surface area contributed by atoms with Crippen LogP contribution in [0.15, 0.2) is 30.6 Å². The third kappa shape index (κ3) is 5.62. The van der Waals surface area contributed by atoms with Gasteiger partial charge in [0.05, 0.1) is 0 Å². The topological polar surface area (TPSA) is 153 Å². The maximum absolute atomic E-state index is 13.0. The summed E-state index contributed by atoms with van der Waals surface area (Å²) in [6, 6.07) is 6.26. The molecule has 1 aliphatic rings. The Bertz CT molecular complexity index is 1140. The van der Waals surface area contributed by atoms with Gasteiger partial charge in [-0.25, -0.2) is 0 Å². The molecule has 1 aliphatic heterocycles. The van der Waals surface area contributed by atoms with Crippen LogP contribution in [0, 0.1) is 6.92 Å². The van der Waals surface area contributed by atoms with Crippen molar-refractivity contribution in [3.05, 3.63) is 36.2 Å². The molecule has 12 nitrogen and oxygen atoms in total. The Hall–Kier alpha value is -3.15. The molecular formula is C20H23N3O9Se. The predicted octanol–water partition coefficient (Wildman–Crippen LogP) is -0.672. The van der Waals surface area contributed by atoms with Gasteiger partial charge in [0.1, 0.15) is 0 Å². The van der Waals surface area contributed by atoms with Crippen LogP contribution in [0.25, 0.3) is 0 Å². The van der Waals surface area contributed by atoms with Crippen molar-refractivity contribution in [1.82, 2.24) is 14.8 Å². The molecule has 0 unspecified atom stereocenters. The Morgan fingerprint density at radius 3 is 2.18 bits per heavy atom. The molecule has 0 N–H and O–H groups in total. The molecule has 2 aromatic rings. The molecule has 3 rings (SSSR count). The second-order valence-corrected chi connectivity index (χ2v) is 11.2. The van der Waals surface area contributed by atoms with Crippen LogP contribution in [-0.2, 0) is 41.0 Å². The first-order chi connectivity index (χ1) is 15.5.